The molecule has 5 heteroatoms. The van der Waals surface area contributed by atoms with Gasteiger partial charge in [0.1, 0.15) is 5.82 Å². The van der Waals surface area contributed by atoms with E-state index >= 15 is 0 Å². The Kier molecular flexibility index (Phi) is 4.55. The molecule has 0 aliphatic carbocycles. The zero-order valence-corrected chi connectivity index (χ0v) is 12.3. The molecule has 3 nitrogen and oxygen atoms in total. The molecule has 1 heterocycles. The number of ether oxygens (including phenoxy) is 1. The molecule has 1 saturated heterocycles. The molecule has 1 aromatic carbocycles. The topological polar surface area (TPSA) is 29.5 Å². The van der Waals surface area contributed by atoms with E-state index in [-0.39, 0.29) is 17.8 Å². The molecule has 98 valence electrons. The van der Waals surface area contributed by atoms with Gasteiger partial charge in [-0.2, -0.15) is 0 Å². The third kappa shape index (κ3) is 3.20. The van der Waals surface area contributed by atoms with Gasteiger partial charge in [-0.15, -0.1) is 0 Å². The van der Waals surface area contributed by atoms with Gasteiger partial charge in [-0.3, -0.25) is 4.79 Å². The normalized spacial score (nSPS) is 18.9. The van der Waals surface area contributed by atoms with Crippen LogP contribution in [0.4, 0.5) is 4.39 Å². The van der Waals surface area contributed by atoms with E-state index in [1.807, 2.05) is 22.6 Å². The fourth-order valence-electron chi connectivity index (χ4n) is 2.05. The summed E-state index contributed by atoms with van der Waals surface area (Å²) in [6, 6.07) is 4.22. The fraction of sp³-hybridized carbons (Fsp3) is 0.462. The molecule has 1 aliphatic rings. The summed E-state index contributed by atoms with van der Waals surface area (Å²) >= 11 is 1.98. The van der Waals surface area contributed by atoms with E-state index in [1.54, 1.807) is 11.9 Å². The maximum atomic E-state index is 13.0. The van der Waals surface area contributed by atoms with Gasteiger partial charge in [-0.1, -0.05) is 0 Å². The van der Waals surface area contributed by atoms with Crippen molar-refractivity contribution in [2.75, 3.05) is 20.2 Å². The van der Waals surface area contributed by atoms with Crippen LogP contribution in [0.3, 0.4) is 0 Å². The van der Waals surface area contributed by atoms with Gasteiger partial charge in [-0.25, -0.2) is 4.39 Å². The van der Waals surface area contributed by atoms with Gasteiger partial charge in [0.15, 0.2) is 0 Å². The number of halogens is 2. The van der Waals surface area contributed by atoms with Crippen molar-refractivity contribution in [3.8, 4) is 0 Å². The van der Waals surface area contributed by atoms with Gasteiger partial charge in [-0.05, 0) is 53.6 Å². The number of hydrogen-bond acceptors (Lipinski definition) is 2. The van der Waals surface area contributed by atoms with Crippen LogP contribution < -0.4 is 0 Å². The minimum Gasteiger partial charge on any atom is -0.376 e. The second-order valence-electron chi connectivity index (χ2n) is 4.44. The molecule has 1 amide bonds. The zero-order chi connectivity index (χ0) is 13.1. The molecular weight excluding hydrogens is 348 g/mol. The smallest absolute Gasteiger partial charge is 0.254 e. The lowest BCUT2D eigenvalue weighted by Gasteiger charge is -2.21. The Balaban J connectivity index is 2.05. The summed E-state index contributed by atoms with van der Waals surface area (Å²) in [5, 5.41) is 0. The molecular formula is C13H15FINO2. The van der Waals surface area contributed by atoms with Gasteiger partial charge in [0, 0.05) is 23.8 Å². The molecule has 0 saturated carbocycles. The second kappa shape index (κ2) is 5.97. The highest BCUT2D eigenvalue weighted by atomic mass is 127. The summed E-state index contributed by atoms with van der Waals surface area (Å²) < 4.78 is 19.1. The van der Waals surface area contributed by atoms with Crippen LogP contribution in [-0.4, -0.2) is 37.1 Å². The monoisotopic (exact) mass is 363 g/mol. The molecule has 0 N–H and O–H groups in total. The molecule has 1 unspecified atom stereocenters. The van der Waals surface area contributed by atoms with Crippen molar-refractivity contribution in [3.63, 3.8) is 0 Å². The largest absolute Gasteiger partial charge is 0.376 e. The minimum atomic E-state index is -0.322. The average Bonchev–Trinajstić information content (AvgIpc) is 2.81. The van der Waals surface area contributed by atoms with Crippen LogP contribution in [0.15, 0.2) is 18.2 Å². The summed E-state index contributed by atoms with van der Waals surface area (Å²) in [4.78, 5) is 13.9. The molecule has 1 aromatic rings. The van der Waals surface area contributed by atoms with Crippen molar-refractivity contribution < 1.29 is 13.9 Å². The maximum Gasteiger partial charge on any atom is 0.254 e. The van der Waals surface area contributed by atoms with Crippen LogP contribution in [0, 0.1) is 9.39 Å². The first-order valence-electron chi connectivity index (χ1n) is 5.90. The van der Waals surface area contributed by atoms with Crippen molar-refractivity contribution in [1.82, 2.24) is 4.90 Å². The standard InChI is InChI=1S/C13H15FINO2/c1-16(8-10-3-2-6-18-10)13(17)11-5-4-9(14)7-12(11)15/h4-5,7,10H,2-3,6,8H2,1H3. The molecule has 1 fully saturated rings. The molecule has 0 aromatic heterocycles. The Morgan fingerprint density at radius 3 is 3.00 bits per heavy atom. The predicted molar refractivity (Wildman–Crippen MR) is 75.1 cm³/mol. The number of hydrogen-bond donors (Lipinski definition) is 0. The number of rotatable bonds is 3. The van der Waals surface area contributed by atoms with Crippen LogP contribution in [0.5, 0.6) is 0 Å². The van der Waals surface area contributed by atoms with Gasteiger partial charge < -0.3 is 9.64 Å². The van der Waals surface area contributed by atoms with Gasteiger partial charge in [0.05, 0.1) is 11.7 Å². The number of amides is 1. The Bertz CT molecular complexity index is 447. The highest BCUT2D eigenvalue weighted by Gasteiger charge is 2.21. The fourth-order valence-corrected chi connectivity index (χ4v) is 2.75. The van der Waals surface area contributed by atoms with Crippen molar-refractivity contribution >= 4 is 28.5 Å². The minimum absolute atomic E-state index is 0.0881. The molecule has 1 aliphatic heterocycles. The number of nitrogens with zero attached hydrogens (tertiary/aromatic N) is 1. The van der Waals surface area contributed by atoms with Gasteiger partial charge in [0.2, 0.25) is 0 Å². The van der Waals surface area contributed by atoms with Gasteiger partial charge in [0.25, 0.3) is 5.91 Å². The van der Waals surface area contributed by atoms with Crippen LogP contribution in [0.2, 0.25) is 0 Å². The first kappa shape index (κ1) is 13.7. The Hall–Kier alpha value is -0.690. The van der Waals surface area contributed by atoms with Crippen molar-refractivity contribution in [2.24, 2.45) is 0 Å². The lowest BCUT2D eigenvalue weighted by molar-refractivity contribution is 0.0586. The molecule has 0 spiro atoms. The van der Waals surface area contributed by atoms with Crippen molar-refractivity contribution in [1.29, 1.82) is 0 Å². The highest BCUT2D eigenvalue weighted by Crippen LogP contribution is 2.18. The SMILES string of the molecule is CN(CC1CCCO1)C(=O)c1ccc(F)cc1I. The zero-order valence-electron chi connectivity index (χ0n) is 10.2. The quantitative estimate of drug-likeness (QED) is 0.773. The van der Waals surface area contributed by atoms with E-state index in [9.17, 15) is 9.18 Å². The molecule has 0 bridgehead atoms. The summed E-state index contributed by atoms with van der Waals surface area (Å²) in [6.45, 7) is 1.37. The summed E-state index contributed by atoms with van der Waals surface area (Å²) in [7, 11) is 1.75. The number of carbonyl (C=O) groups excluding carboxylic acids is 1. The first-order chi connectivity index (χ1) is 8.58. The Morgan fingerprint density at radius 2 is 2.39 bits per heavy atom. The van der Waals surface area contributed by atoms with Crippen LogP contribution in [0.1, 0.15) is 23.2 Å². The predicted octanol–water partition coefficient (Wildman–Crippen LogP) is 2.68. The van der Waals surface area contributed by atoms with E-state index in [1.165, 1.54) is 18.2 Å². The van der Waals surface area contributed by atoms with E-state index in [0.717, 1.165) is 19.4 Å². The number of likely N-dealkylation sites (N-methyl/N-ethyl adjacent to an activating group) is 1. The average molecular weight is 363 g/mol. The molecule has 18 heavy (non-hydrogen) atoms. The molecule has 1 atom stereocenters. The third-order valence-corrected chi connectivity index (χ3v) is 3.90. The van der Waals surface area contributed by atoms with E-state index < -0.39 is 0 Å². The lowest BCUT2D eigenvalue weighted by atomic mass is 10.2. The van der Waals surface area contributed by atoms with Crippen LogP contribution in [0.25, 0.3) is 0 Å². The first-order valence-corrected chi connectivity index (χ1v) is 6.98. The van der Waals surface area contributed by atoms with Crippen molar-refractivity contribution in [2.45, 2.75) is 18.9 Å². The van der Waals surface area contributed by atoms with Crippen LogP contribution in [-0.2, 0) is 4.74 Å². The Morgan fingerprint density at radius 1 is 1.61 bits per heavy atom. The molecule has 2 rings (SSSR count). The van der Waals surface area contributed by atoms with E-state index in [2.05, 4.69) is 0 Å². The summed E-state index contributed by atoms with van der Waals surface area (Å²) in [5.74, 6) is -0.410. The van der Waals surface area contributed by atoms with Gasteiger partial charge >= 0.3 is 0 Å². The highest BCUT2D eigenvalue weighted by molar-refractivity contribution is 14.1. The second-order valence-corrected chi connectivity index (χ2v) is 5.61. The Labute approximate surface area is 119 Å². The van der Waals surface area contributed by atoms with Crippen molar-refractivity contribution in [3.05, 3.63) is 33.1 Å². The van der Waals surface area contributed by atoms with E-state index in [4.69, 9.17) is 4.74 Å². The number of benzene rings is 1. The summed E-state index contributed by atoms with van der Waals surface area (Å²) in [5.41, 5.74) is 0.539. The van der Waals surface area contributed by atoms with Crippen LogP contribution >= 0.6 is 22.6 Å². The maximum absolute atomic E-state index is 13.0. The van der Waals surface area contributed by atoms with E-state index in [0.29, 0.717) is 15.7 Å². The lowest BCUT2D eigenvalue weighted by Crippen LogP contribution is -2.34. The summed E-state index contributed by atoms with van der Waals surface area (Å²) in [6.07, 6.45) is 2.19. The number of carbonyl (C=O) groups is 1. The molecule has 0 radical (unpaired) electrons. The third-order valence-electron chi connectivity index (χ3n) is 3.01.